The first kappa shape index (κ1) is 10.9. The van der Waals surface area contributed by atoms with Gasteiger partial charge in [-0.15, -0.1) is 0 Å². The second-order valence-electron chi connectivity index (χ2n) is 3.09. The van der Waals surface area contributed by atoms with Gasteiger partial charge in [0.15, 0.2) is 11.6 Å². The number of aliphatic hydroxyl groups excluding tert-OH is 1. The first-order valence-electron chi connectivity index (χ1n) is 4.32. The Balaban J connectivity index is 3.14. The van der Waals surface area contributed by atoms with Crippen molar-refractivity contribution in [3.63, 3.8) is 0 Å². The summed E-state index contributed by atoms with van der Waals surface area (Å²) in [5, 5.41) is 9.47. The predicted molar refractivity (Wildman–Crippen MR) is 51.7 cm³/mol. The molecule has 4 heteroatoms. The lowest BCUT2D eigenvalue weighted by molar-refractivity contribution is 0.185. The molecule has 0 radical (unpaired) electrons. The van der Waals surface area contributed by atoms with Gasteiger partial charge in [0.05, 0.1) is 13.2 Å². The van der Waals surface area contributed by atoms with Gasteiger partial charge in [0.25, 0.3) is 0 Å². The van der Waals surface area contributed by atoms with Gasteiger partial charge < -0.3 is 15.6 Å². The molecule has 0 aliphatic carbocycles. The van der Waals surface area contributed by atoms with Crippen LogP contribution in [0.25, 0.3) is 0 Å². The van der Waals surface area contributed by atoms with Crippen LogP contribution in [0.4, 0.5) is 4.39 Å². The number of rotatable bonds is 3. The molecule has 78 valence electrons. The predicted octanol–water partition coefficient (Wildman–Crippen LogP) is 1.13. The van der Waals surface area contributed by atoms with Crippen LogP contribution in [-0.2, 0) is 0 Å². The molecule has 1 unspecified atom stereocenters. The zero-order valence-corrected chi connectivity index (χ0v) is 8.25. The number of hydrogen-bond donors (Lipinski definition) is 2. The summed E-state index contributed by atoms with van der Waals surface area (Å²) in [5.74, 6) is -0.309. The molecule has 3 N–H and O–H groups in total. The smallest absolute Gasteiger partial charge is 0.165 e. The molecule has 0 aliphatic rings. The molecule has 0 saturated carbocycles. The van der Waals surface area contributed by atoms with Crippen LogP contribution in [0.3, 0.4) is 0 Å². The van der Waals surface area contributed by atoms with Crippen LogP contribution in [0.15, 0.2) is 12.1 Å². The van der Waals surface area contributed by atoms with Crippen LogP contribution in [0.5, 0.6) is 5.75 Å². The van der Waals surface area contributed by atoms with E-state index in [9.17, 15) is 9.50 Å². The van der Waals surface area contributed by atoms with Crippen molar-refractivity contribution in [2.75, 3.05) is 13.7 Å². The van der Waals surface area contributed by atoms with Crippen molar-refractivity contribution in [1.82, 2.24) is 0 Å². The van der Waals surface area contributed by atoms with Crippen molar-refractivity contribution in [3.05, 3.63) is 29.1 Å². The lowest BCUT2D eigenvalue weighted by atomic mass is 10.0. The normalized spacial score (nSPS) is 12.6. The maximum Gasteiger partial charge on any atom is 0.165 e. The lowest BCUT2D eigenvalue weighted by Gasteiger charge is -2.13. The zero-order chi connectivity index (χ0) is 10.7. The van der Waals surface area contributed by atoms with E-state index < -0.39 is 11.9 Å². The number of methoxy groups -OCH3 is 1. The van der Waals surface area contributed by atoms with E-state index in [2.05, 4.69) is 0 Å². The van der Waals surface area contributed by atoms with Crippen molar-refractivity contribution in [1.29, 1.82) is 0 Å². The van der Waals surface area contributed by atoms with E-state index in [4.69, 9.17) is 10.5 Å². The molecule has 0 fully saturated rings. The molecule has 3 nitrogen and oxygen atoms in total. The molecular formula is C10H14FNO2. The number of aliphatic hydroxyl groups is 1. The fourth-order valence-electron chi connectivity index (χ4n) is 1.31. The zero-order valence-electron chi connectivity index (χ0n) is 8.25. The van der Waals surface area contributed by atoms with Crippen molar-refractivity contribution in [3.8, 4) is 5.75 Å². The fraction of sp³-hybridized carbons (Fsp3) is 0.400. The summed E-state index contributed by atoms with van der Waals surface area (Å²) < 4.78 is 18.1. The highest BCUT2D eigenvalue weighted by molar-refractivity contribution is 5.37. The highest BCUT2D eigenvalue weighted by Gasteiger charge is 2.12. The highest BCUT2D eigenvalue weighted by atomic mass is 19.1. The summed E-state index contributed by atoms with van der Waals surface area (Å²) >= 11 is 0. The summed E-state index contributed by atoms with van der Waals surface area (Å²) in [6.45, 7) is 1.85. The van der Waals surface area contributed by atoms with E-state index in [1.807, 2.05) is 0 Å². The Morgan fingerprint density at radius 1 is 1.57 bits per heavy atom. The summed E-state index contributed by atoms with van der Waals surface area (Å²) in [7, 11) is 1.40. The second kappa shape index (κ2) is 4.39. The number of halogens is 1. The van der Waals surface area contributed by atoms with Gasteiger partial charge in [0.2, 0.25) is 0 Å². The minimum absolute atomic E-state index is 0.0760. The van der Waals surface area contributed by atoms with Crippen LogP contribution in [0, 0.1) is 12.7 Å². The fourth-order valence-corrected chi connectivity index (χ4v) is 1.31. The molecular weight excluding hydrogens is 185 g/mol. The van der Waals surface area contributed by atoms with Crippen LogP contribution < -0.4 is 10.5 Å². The first-order chi connectivity index (χ1) is 6.60. The minimum atomic E-state index is -0.824. The third-order valence-corrected chi connectivity index (χ3v) is 2.12. The van der Waals surface area contributed by atoms with E-state index in [1.54, 1.807) is 13.0 Å². The molecule has 0 aliphatic heterocycles. The second-order valence-corrected chi connectivity index (χ2v) is 3.09. The SMILES string of the molecule is COc1cc(C)c(C(O)CN)cc1F. The molecule has 0 aromatic heterocycles. The standard InChI is InChI=1S/C10H14FNO2/c1-6-3-10(14-2)8(11)4-7(6)9(13)5-12/h3-4,9,13H,5,12H2,1-2H3. The molecule has 0 saturated heterocycles. The van der Waals surface area contributed by atoms with Gasteiger partial charge in [-0.2, -0.15) is 0 Å². The van der Waals surface area contributed by atoms with Crippen LogP contribution in [-0.4, -0.2) is 18.8 Å². The van der Waals surface area contributed by atoms with Gasteiger partial charge in [-0.3, -0.25) is 0 Å². The number of nitrogens with two attached hydrogens (primary N) is 1. The van der Waals surface area contributed by atoms with Crippen molar-refractivity contribution >= 4 is 0 Å². The van der Waals surface area contributed by atoms with E-state index >= 15 is 0 Å². The van der Waals surface area contributed by atoms with Gasteiger partial charge in [-0.05, 0) is 30.2 Å². The summed E-state index contributed by atoms with van der Waals surface area (Å²) in [5.41, 5.74) is 6.56. The molecule has 1 aromatic rings. The molecule has 0 amide bonds. The quantitative estimate of drug-likeness (QED) is 0.767. The summed E-state index contributed by atoms with van der Waals surface area (Å²) in [6, 6.07) is 2.80. The van der Waals surface area contributed by atoms with Crippen molar-refractivity contribution in [2.24, 2.45) is 5.73 Å². The average molecular weight is 199 g/mol. The first-order valence-corrected chi connectivity index (χ1v) is 4.32. The number of ether oxygens (including phenoxy) is 1. The molecule has 0 heterocycles. The maximum atomic E-state index is 13.3. The molecule has 14 heavy (non-hydrogen) atoms. The van der Waals surface area contributed by atoms with E-state index in [-0.39, 0.29) is 12.3 Å². The maximum absolute atomic E-state index is 13.3. The Hall–Kier alpha value is -1.13. The molecule has 1 rings (SSSR count). The van der Waals surface area contributed by atoms with E-state index in [0.717, 1.165) is 5.56 Å². The lowest BCUT2D eigenvalue weighted by Crippen LogP contribution is -2.13. The van der Waals surface area contributed by atoms with Gasteiger partial charge >= 0.3 is 0 Å². The summed E-state index contributed by atoms with van der Waals surface area (Å²) in [6.07, 6.45) is -0.824. The van der Waals surface area contributed by atoms with E-state index in [1.165, 1.54) is 13.2 Å². The van der Waals surface area contributed by atoms with Crippen LogP contribution in [0.1, 0.15) is 17.2 Å². The van der Waals surface area contributed by atoms with Crippen molar-refractivity contribution in [2.45, 2.75) is 13.0 Å². The third kappa shape index (κ3) is 2.02. The van der Waals surface area contributed by atoms with Crippen LogP contribution >= 0.6 is 0 Å². The molecule has 0 spiro atoms. The largest absolute Gasteiger partial charge is 0.494 e. The Morgan fingerprint density at radius 2 is 2.21 bits per heavy atom. The Labute approximate surface area is 82.3 Å². The Bertz CT molecular complexity index is 328. The third-order valence-electron chi connectivity index (χ3n) is 2.12. The van der Waals surface area contributed by atoms with Gasteiger partial charge in [0.1, 0.15) is 0 Å². The van der Waals surface area contributed by atoms with E-state index in [0.29, 0.717) is 5.56 Å². The topological polar surface area (TPSA) is 55.5 Å². The monoisotopic (exact) mass is 199 g/mol. The summed E-state index contributed by atoms with van der Waals surface area (Å²) in [4.78, 5) is 0. The highest BCUT2D eigenvalue weighted by Crippen LogP contribution is 2.25. The van der Waals surface area contributed by atoms with Crippen LogP contribution in [0.2, 0.25) is 0 Å². The minimum Gasteiger partial charge on any atom is -0.494 e. The number of hydrogen-bond acceptors (Lipinski definition) is 3. The molecule has 0 bridgehead atoms. The van der Waals surface area contributed by atoms with Gasteiger partial charge in [0, 0.05) is 6.54 Å². The van der Waals surface area contributed by atoms with Gasteiger partial charge in [-0.1, -0.05) is 0 Å². The van der Waals surface area contributed by atoms with Gasteiger partial charge in [-0.25, -0.2) is 4.39 Å². The number of aryl methyl sites for hydroxylation is 1. The molecule has 1 aromatic carbocycles. The molecule has 1 atom stereocenters. The number of benzene rings is 1. The Morgan fingerprint density at radius 3 is 2.71 bits per heavy atom. The Kier molecular flexibility index (Phi) is 3.43. The average Bonchev–Trinajstić information content (AvgIpc) is 2.19. The van der Waals surface area contributed by atoms with Crippen molar-refractivity contribution < 1.29 is 14.2 Å².